The molecule has 2 N–H and O–H groups in total. The summed E-state index contributed by atoms with van der Waals surface area (Å²) in [6.45, 7) is 2.75. The van der Waals surface area contributed by atoms with Crippen LogP contribution >= 0.6 is 11.6 Å². The number of nitro benzene ring substituents is 1. The van der Waals surface area contributed by atoms with Crippen LogP contribution in [0.2, 0.25) is 5.02 Å². The quantitative estimate of drug-likeness (QED) is 0.660. The predicted octanol–water partition coefficient (Wildman–Crippen LogP) is 3.05. The molecule has 2 unspecified atom stereocenters. The molecule has 1 heterocycles. The second-order valence-electron chi connectivity index (χ2n) is 5.16. The molecule has 1 saturated heterocycles. The molecule has 7 nitrogen and oxygen atoms in total. The number of nitrogens with one attached hydrogen (secondary N) is 1. The number of benzene rings is 1. The van der Waals surface area contributed by atoms with E-state index in [2.05, 4.69) is 5.32 Å². The van der Waals surface area contributed by atoms with Gasteiger partial charge in [-0.2, -0.15) is 0 Å². The number of anilines is 1. The number of piperidine rings is 1. The fourth-order valence-corrected chi connectivity index (χ4v) is 2.68. The summed E-state index contributed by atoms with van der Waals surface area (Å²) in [6.07, 6.45) is -0.328. The van der Waals surface area contributed by atoms with Gasteiger partial charge in [0.15, 0.2) is 0 Å². The molecule has 1 aliphatic rings. The highest BCUT2D eigenvalue weighted by Gasteiger charge is 2.29. The molecule has 0 radical (unpaired) electrons. The molecule has 0 bridgehead atoms. The van der Waals surface area contributed by atoms with E-state index in [4.69, 9.17) is 16.7 Å². The van der Waals surface area contributed by atoms with E-state index in [0.717, 1.165) is 0 Å². The van der Waals surface area contributed by atoms with Gasteiger partial charge in [-0.1, -0.05) is 18.5 Å². The van der Waals surface area contributed by atoms with E-state index >= 15 is 0 Å². The highest BCUT2D eigenvalue weighted by atomic mass is 35.5. The van der Waals surface area contributed by atoms with Gasteiger partial charge >= 0.3 is 6.09 Å². The lowest BCUT2D eigenvalue weighted by Gasteiger charge is -2.36. The normalized spacial score (nSPS) is 21.9. The van der Waals surface area contributed by atoms with Crippen LogP contribution in [0.25, 0.3) is 0 Å². The van der Waals surface area contributed by atoms with E-state index in [0.29, 0.717) is 30.2 Å². The van der Waals surface area contributed by atoms with Crippen LogP contribution in [-0.4, -0.2) is 40.2 Å². The predicted molar refractivity (Wildman–Crippen MR) is 78.9 cm³/mol. The first kappa shape index (κ1) is 15.4. The standard InChI is InChI=1S/C13H16ClN3O4/c1-8-7-16(13(18)19)5-4-10(8)15-11-3-2-9(14)6-12(11)17(20)21/h2-3,6,8,10,15H,4-5,7H2,1H3,(H,18,19). The molecule has 0 aliphatic carbocycles. The Morgan fingerprint density at radius 2 is 2.29 bits per heavy atom. The zero-order valence-electron chi connectivity index (χ0n) is 11.5. The summed E-state index contributed by atoms with van der Waals surface area (Å²) in [4.78, 5) is 22.9. The molecule has 1 aliphatic heterocycles. The van der Waals surface area contributed by atoms with Crippen LogP contribution in [0.5, 0.6) is 0 Å². The van der Waals surface area contributed by atoms with Gasteiger partial charge in [0, 0.05) is 30.2 Å². The maximum absolute atomic E-state index is 11.1. The minimum atomic E-state index is -0.933. The first-order valence-electron chi connectivity index (χ1n) is 6.57. The van der Waals surface area contributed by atoms with Gasteiger partial charge in [0.25, 0.3) is 5.69 Å². The third kappa shape index (κ3) is 3.55. The lowest BCUT2D eigenvalue weighted by Crippen LogP contribution is -2.47. The molecule has 21 heavy (non-hydrogen) atoms. The van der Waals surface area contributed by atoms with E-state index in [1.807, 2.05) is 6.92 Å². The van der Waals surface area contributed by atoms with Crippen LogP contribution in [0.15, 0.2) is 18.2 Å². The molecular weight excluding hydrogens is 298 g/mol. The van der Waals surface area contributed by atoms with Crippen LogP contribution in [0, 0.1) is 16.0 Å². The molecule has 114 valence electrons. The largest absolute Gasteiger partial charge is 0.465 e. The molecule has 2 atom stereocenters. The highest BCUT2D eigenvalue weighted by molar-refractivity contribution is 6.30. The lowest BCUT2D eigenvalue weighted by molar-refractivity contribution is -0.384. The molecule has 1 aromatic carbocycles. The Morgan fingerprint density at radius 1 is 1.57 bits per heavy atom. The number of hydrogen-bond acceptors (Lipinski definition) is 4. The molecule has 0 saturated carbocycles. The average molecular weight is 314 g/mol. The van der Waals surface area contributed by atoms with Gasteiger partial charge in [0.2, 0.25) is 0 Å². The minimum absolute atomic E-state index is 0.0134. The van der Waals surface area contributed by atoms with Crippen LogP contribution < -0.4 is 5.32 Å². The van der Waals surface area contributed by atoms with Crippen molar-refractivity contribution in [3.8, 4) is 0 Å². The summed E-state index contributed by atoms with van der Waals surface area (Å²) >= 11 is 5.78. The summed E-state index contributed by atoms with van der Waals surface area (Å²) in [5.74, 6) is 0.0603. The van der Waals surface area contributed by atoms with Gasteiger partial charge in [0.1, 0.15) is 5.69 Å². The van der Waals surface area contributed by atoms with Gasteiger partial charge < -0.3 is 15.3 Å². The number of carbonyl (C=O) groups is 1. The summed E-state index contributed by atoms with van der Waals surface area (Å²) in [5.41, 5.74) is 0.334. The number of likely N-dealkylation sites (tertiary alicyclic amines) is 1. The maximum Gasteiger partial charge on any atom is 0.407 e. The Hall–Kier alpha value is -2.02. The number of nitrogens with zero attached hydrogens (tertiary/aromatic N) is 2. The Balaban J connectivity index is 2.12. The summed E-state index contributed by atoms with van der Waals surface area (Å²) in [7, 11) is 0. The zero-order valence-corrected chi connectivity index (χ0v) is 12.2. The second kappa shape index (κ2) is 6.17. The lowest BCUT2D eigenvalue weighted by atomic mass is 9.93. The van der Waals surface area contributed by atoms with Crippen LogP contribution in [-0.2, 0) is 0 Å². The van der Waals surface area contributed by atoms with E-state index in [-0.39, 0.29) is 17.6 Å². The van der Waals surface area contributed by atoms with Gasteiger partial charge in [-0.25, -0.2) is 4.79 Å². The number of halogens is 1. The smallest absolute Gasteiger partial charge is 0.407 e. The first-order chi connectivity index (χ1) is 9.88. The van der Waals surface area contributed by atoms with Gasteiger partial charge in [-0.05, 0) is 24.5 Å². The number of hydrogen-bond donors (Lipinski definition) is 2. The van der Waals surface area contributed by atoms with Crippen molar-refractivity contribution in [3.05, 3.63) is 33.3 Å². The molecule has 8 heteroatoms. The highest BCUT2D eigenvalue weighted by Crippen LogP contribution is 2.30. The van der Waals surface area contributed by atoms with Crippen molar-refractivity contribution in [1.29, 1.82) is 0 Å². The number of amides is 1. The number of rotatable bonds is 3. The third-order valence-electron chi connectivity index (χ3n) is 3.67. The SMILES string of the molecule is CC1CN(C(=O)O)CCC1Nc1ccc(Cl)cc1[N+](=O)[O-]. The van der Waals surface area contributed by atoms with Gasteiger partial charge in [0.05, 0.1) is 4.92 Å². The Bertz CT molecular complexity index is 566. The monoisotopic (exact) mass is 313 g/mol. The van der Waals surface area contributed by atoms with E-state index in [1.54, 1.807) is 12.1 Å². The molecule has 2 rings (SSSR count). The third-order valence-corrected chi connectivity index (χ3v) is 3.91. The summed E-state index contributed by atoms with van der Waals surface area (Å²) in [6, 6.07) is 4.46. The first-order valence-corrected chi connectivity index (χ1v) is 6.94. The summed E-state index contributed by atoms with van der Waals surface area (Å²) < 4.78 is 0. The van der Waals surface area contributed by atoms with E-state index in [9.17, 15) is 14.9 Å². The fraction of sp³-hybridized carbons (Fsp3) is 0.462. The number of nitro groups is 1. The molecule has 0 spiro atoms. The Kier molecular flexibility index (Phi) is 4.52. The van der Waals surface area contributed by atoms with Crippen molar-refractivity contribution in [3.63, 3.8) is 0 Å². The van der Waals surface area contributed by atoms with E-state index in [1.165, 1.54) is 11.0 Å². The zero-order chi connectivity index (χ0) is 15.6. The second-order valence-corrected chi connectivity index (χ2v) is 5.60. The van der Waals surface area contributed by atoms with Crippen LogP contribution in [0.3, 0.4) is 0 Å². The Labute approximate surface area is 126 Å². The number of carboxylic acid groups (broad SMARTS) is 1. The van der Waals surface area contributed by atoms with Crippen molar-refractivity contribution in [1.82, 2.24) is 4.90 Å². The minimum Gasteiger partial charge on any atom is -0.465 e. The van der Waals surface area contributed by atoms with Crippen molar-refractivity contribution in [2.75, 3.05) is 18.4 Å². The maximum atomic E-state index is 11.1. The van der Waals surface area contributed by atoms with Gasteiger partial charge in [-0.15, -0.1) is 0 Å². The van der Waals surface area contributed by atoms with Crippen LogP contribution in [0.4, 0.5) is 16.2 Å². The molecule has 1 fully saturated rings. The van der Waals surface area contributed by atoms with Crippen LogP contribution in [0.1, 0.15) is 13.3 Å². The topological polar surface area (TPSA) is 95.7 Å². The average Bonchev–Trinajstić information content (AvgIpc) is 2.42. The fourth-order valence-electron chi connectivity index (χ4n) is 2.51. The van der Waals surface area contributed by atoms with Gasteiger partial charge in [-0.3, -0.25) is 10.1 Å². The molecule has 1 amide bonds. The molecule has 1 aromatic rings. The summed E-state index contributed by atoms with van der Waals surface area (Å²) in [5, 5.41) is 23.5. The van der Waals surface area contributed by atoms with E-state index < -0.39 is 11.0 Å². The molecular formula is C13H16ClN3O4. The van der Waals surface area contributed by atoms with Crippen molar-refractivity contribution < 1.29 is 14.8 Å². The van der Waals surface area contributed by atoms with Crippen molar-refractivity contribution in [2.24, 2.45) is 5.92 Å². The van der Waals surface area contributed by atoms with Crippen molar-refractivity contribution >= 4 is 29.1 Å². The Morgan fingerprint density at radius 3 is 2.86 bits per heavy atom. The molecule has 0 aromatic heterocycles. The van der Waals surface area contributed by atoms with Crippen molar-refractivity contribution in [2.45, 2.75) is 19.4 Å².